The summed E-state index contributed by atoms with van der Waals surface area (Å²) in [5.41, 5.74) is -1.47. The Morgan fingerprint density at radius 3 is 2.59 bits per heavy atom. The summed E-state index contributed by atoms with van der Waals surface area (Å²) in [7, 11) is 0. The minimum absolute atomic E-state index is 0.157. The summed E-state index contributed by atoms with van der Waals surface area (Å²) in [6.07, 6.45) is 10.8. The van der Waals surface area contributed by atoms with Gasteiger partial charge in [0.05, 0.1) is 18.1 Å². The van der Waals surface area contributed by atoms with E-state index in [9.17, 15) is 15.0 Å². The third kappa shape index (κ3) is 2.04. The van der Waals surface area contributed by atoms with Crippen LogP contribution in [0.1, 0.15) is 77.2 Å². The highest BCUT2D eigenvalue weighted by atomic mass is 16.3. The molecule has 7 atom stereocenters. The molecule has 4 nitrogen and oxygen atoms in total. The Morgan fingerprint density at radius 2 is 1.85 bits per heavy atom. The van der Waals surface area contributed by atoms with Crippen LogP contribution in [-0.4, -0.2) is 21.6 Å². The minimum atomic E-state index is -1.03. The third-order valence-corrected chi connectivity index (χ3v) is 9.81. The Kier molecular flexibility index (Phi) is 3.64. The summed E-state index contributed by atoms with van der Waals surface area (Å²) in [6, 6.07) is 1.86. The number of hydrogen-bond donors (Lipinski definition) is 2. The minimum Gasteiger partial charge on any atom is -0.472 e. The second-order valence-electron chi connectivity index (χ2n) is 10.4. The highest BCUT2D eigenvalue weighted by Crippen LogP contribution is 2.71. The molecule has 27 heavy (non-hydrogen) atoms. The molecule has 5 rings (SSSR count). The van der Waals surface area contributed by atoms with Crippen LogP contribution in [0.5, 0.6) is 0 Å². The van der Waals surface area contributed by atoms with E-state index >= 15 is 0 Å². The molecule has 4 aliphatic rings. The highest BCUT2D eigenvalue weighted by Gasteiger charge is 2.72. The second-order valence-corrected chi connectivity index (χ2v) is 10.4. The molecule has 148 valence electrons. The van der Waals surface area contributed by atoms with Crippen molar-refractivity contribution in [3.05, 3.63) is 24.2 Å². The fourth-order valence-corrected chi connectivity index (χ4v) is 7.99. The largest absolute Gasteiger partial charge is 0.472 e. The van der Waals surface area contributed by atoms with Gasteiger partial charge in [-0.2, -0.15) is 0 Å². The SMILES string of the molecule is C[C@]12CCC(=O)C[C@@H]1CC[C@@H]1[C@@H]2CC[C@]2(C)[C@@](O)(c3ccoc3)CC[C@]12O. The molecule has 4 saturated carbocycles. The quantitative estimate of drug-likeness (QED) is 0.775. The molecule has 4 heteroatoms. The number of rotatable bonds is 1. The molecule has 0 aliphatic heterocycles. The molecule has 1 heterocycles. The standard InChI is InChI=1S/C23H32O4/c1-20-8-5-17(24)13-15(20)3-4-19-18(20)6-9-21(2)22(25,10-11-23(19,21)26)16-7-12-27-14-16/h7,12,14-15,18-19,25-26H,3-6,8-11,13H2,1-2H3/t15-,18-,19+,20-,21+,22-,23-/m0/s1. The van der Waals surface area contributed by atoms with Gasteiger partial charge in [0.2, 0.25) is 0 Å². The van der Waals surface area contributed by atoms with Gasteiger partial charge >= 0.3 is 0 Å². The molecule has 0 spiro atoms. The van der Waals surface area contributed by atoms with Gasteiger partial charge in [0.25, 0.3) is 0 Å². The molecule has 1 aromatic heterocycles. The van der Waals surface area contributed by atoms with Gasteiger partial charge in [-0.25, -0.2) is 0 Å². The van der Waals surface area contributed by atoms with Crippen LogP contribution in [0.25, 0.3) is 0 Å². The summed E-state index contributed by atoms with van der Waals surface area (Å²) >= 11 is 0. The third-order valence-electron chi connectivity index (χ3n) is 9.81. The van der Waals surface area contributed by atoms with Crippen LogP contribution >= 0.6 is 0 Å². The molecule has 0 bridgehead atoms. The number of aliphatic hydroxyl groups is 2. The highest BCUT2D eigenvalue weighted by molar-refractivity contribution is 5.79. The number of ketones is 1. The van der Waals surface area contributed by atoms with Gasteiger partial charge in [-0.05, 0) is 74.2 Å². The Labute approximate surface area is 161 Å². The van der Waals surface area contributed by atoms with Gasteiger partial charge in [-0.15, -0.1) is 0 Å². The zero-order valence-electron chi connectivity index (χ0n) is 16.5. The van der Waals surface area contributed by atoms with Crippen LogP contribution in [0.3, 0.4) is 0 Å². The number of carbonyl (C=O) groups excluding carboxylic acids is 1. The molecular formula is C23H32O4. The van der Waals surface area contributed by atoms with Gasteiger partial charge in [0.15, 0.2) is 0 Å². The van der Waals surface area contributed by atoms with Crippen LogP contribution in [0.2, 0.25) is 0 Å². The first-order chi connectivity index (χ1) is 12.7. The zero-order chi connectivity index (χ0) is 19.1. The summed E-state index contributed by atoms with van der Waals surface area (Å²) in [6.45, 7) is 4.48. The maximum atomic E-state index is 12.1. The van der Waals surface area contributed by atoms with E-state index in [1.165, 1.54) is 0 Å². The van der Waals surface area contributed by atoms with Crippen LogP contribution in [0, 0.1) is 28.6 Å². The molecule has 2 N–H and O–H groups in total. The Bertz CT molecular complexity index is 756. The number of furan rings is 1. The van der Waals surface area contributed by atoms with Gasteiger partial charge in [0, 0.05) is 23.8 Å². The van der Waals surface area contributed by atoms with E-state index in [0.29, 0.717) is 36.9 Å². The number of Topliss-reactive ketones (excluding diaryl/α,β-unsaturated/α-hetero) is 1. The number of fused-ring (bicyclic) bond motifs is 5. The van der Waals surface area contributed by atoms with Crippen LogP contribution < -0.4 is 0 Å². The molecule has 4 aliphatic carbocycles. The van der Waals surface area contributed by atoms with E-state index in [-0.39, 0.29) is 11.3 Å². The van der Waals surface area contributed by atoms with E-state index < -0.39 is 16.6 Å². The Balaban J connectivity index is 1.53. The lowest BCUT2D eigenvalue weighted by molar-refractivity contribution is -0.235. The molecular weight excluding hydrogens is 340 g/mol. The fraction of sp³-hybridized carbons (Fsp3) is 0.783. The van der Waals surface area contributed by atoms with Crippen molar-refractivity contribution in [2.45, 2.75) is 82.8 Å². The predicted molar refractivity (Wildman–Crippen MR) is 101 cm³/mol. The van der Waals surface area contributed by atoms with E-state index in [0.717, 1.165) is 44.1 Å². The summed E-state index contributed by atoms with van der Waals surface area (Å²) in [5.74, 6) is 1.56. The molecule has 0 unspecified atom stereocenters. The molecule has 0 aromatic carbocycles. The molecule has 0 radical (unpaired) electrons. The lowest BCUT2D eigenvalue weighted by atomic mass is 9.43. The first-order valence-corrected chi connectivity index (χ1v) is 10.7. The van der Waals surface area contributed by atoms with E-state index in [1.54, 1.807) is 12.5 Å². The normalized spacial score (nSPS) is 52.1. The maximum absolute atomic E-state index is 12.1. The number of carbonyl (C=O) groups is 1. The lowest BCUT2D eigenvalue weighted by Crippen LogP contribution is -2.64. The second kappa shape index (κ2) is 5.48. The zero-order valence-corrected chi connectivity index (χ0v) is 16.5. The predicted octanol–water partition coefficient (Wildman–Crippen LogP) is 4.19. The molecule has 4 fully saturated rings. The van der Waals surface area contributed by atoms with Crippen molar-refractivity contribution >= 4 is 5.78 Å². The maximum Gasteiger partial charge on any atom is 0.133 e. The average Bonchev–Trinajstić information content (AvgIpc) is 3.24. The van der Waals surface area contributed by atoms with Crippen LogP contribution in [0.15, 0.2) is 23.0 Å². The average molecular weight is 373 g/mol. The van der Waals surface area contributed by atoms with E-state index in [1.807, 2.05) is 6.07 Å². The molecule has 1 aromatic rings. The number of hydrogen-bond acceptors (Lipinski definition) is 4. The molecule has 0 amide bonds. The summed E-state index contributed by atoms with van der Waals surface area (Å²) in [5, 5.41) is 23.8. The van der Waals surface area contributed by atoms with Crippen molar-refractivity contribution in [3.63, 3.8) is 0 Å². The van der Waals surface area contributed by atoms with Crippen molar-refractivity contribution in [2.75, 3.05) is 0 Å². The molecule has 0 saturated heterocycles. The van der Waals surface area contributed by atoms with Gasteiger partial charge in [0.1, 0.15) is 11.4 Å². The van der Waals surface area contributed by atoms with Crippen molar-refractivity contribution in [1.29, 1.82) is 0 Å². The first kappa shape index (κ1) is 17.9. The van der Waals surface area contributed by atoms with Crippen LogP contribution in [-0.2, 0) is 10.4 Å². The monoisotopic (exact) mass is 372 g/mol. The van der Waals surface area contributed by atoms with Crippen molar-refractivity contribution in [2.24, 2.45) is 28.6 Å². The summed E-state index contributed by atoms with van der Waals surface area (Å²) in [4.78, 5) is 12.0. The smallest absolute Gasteiger partial charge is 0.133 e. The first-order valence-electron chi connectivity index (χ1n) is 10.7. The summed E-state index contributed by atoms with van der Waals surface area (Å²) < 4.78 is 5.28. The van der Waals surface area contributed by atoms with Gasteiger partial charge in [-0.3, -0.25) is 4.79 Å². The van der Waals surface area contributed by atoms with Crippen LogP contribution in [0.4, 0.5) is 0 Å². The van der Waals surface area contributed by atoms with E-state index in [2.05, 4.69) is 13.8 Å². The van der Waals surface area contributed by atoms with Crippen molar-refractivity contribution < 1.29 is 19.4 Å². The lowest BCUT2D eigenvalue weighted by Gasteiger charge is -2.63. The van der Waals surface area contributed by atoms with Crippen molar-refractivity contribution in [1.82, 2.24) is 0 Å². The van der Waals surface area contributed by atoms with Crippen molar-refractivity contribution in [3.8, 4) is 0 Å². The van der Waals surface area contributed by atoms with Gasteiger partial charge < -0.3 is 14.6 Å². The van der Waals surface area contributed by atoms with E-state index in [4.69, 9.17) is 4.42 Å². The fourth-order valence-electron chi connectivity index (χ4n) is 7.99. The van der Waals surface area contributed by atoms with Gasteiger partial charge in [-0.1, -0.05) is 13.8 Å². The Morgan fingerprint density at radius 1 is 1.04 bits per heavy atom. The Hall–Kier alpha value is -1.13. The topological polar surface area (TPSA) is 70.7 Å².